The van der Waals surface area contributed by atoms with Crippen LogP contribution in [0.3, 0.4) is 0 Å². The molecule has 2 amide bonds. The molecule has 0 aromatic rings. The van der Waals surface area contributed by atoms with Gasteiger partial charge in [-0.3, -0.25) is 9.59 Å². The van der Waals surface area contributed by atoms with Crippen molar-refractivity contribution in [1.29, 1.82) is 0 Å². The van der Waals surface area contributed by atoms with E-state index in [0.29, 0.717) is 26.2 Å². The number of amides is 2. The first-order chi connectivity index (χ1) is 8.04. The minimum Gasteiger partial charge on any atom is -0.393 e. The number of carbonyl (C=O) groups excluding carboxylic acids is 2. The van der Waals surface area contributed by atoms with Crippen LogP contribution in [0, 0.1) is 0 Å². The van der Waals surface area contributed by atoms with Gasteiger partial charge < -0.3 is 20.1 Å². The Morgan fingerprint density at radius 1 is 1.59 bits per heavy atom. The van der Waals surface area contributed by atoms with Gasteiger partial charge in [-0.25, -0.2) is 0 Å². The number of aliphatic hydroxyl groups excluding tert-OH is 1. The van der Waals surface area contributed by atoms with Gasteiger partial charge in [-0.05, 0) is 13.3 Å². The molecular formula is C11H20N2O4. The Kier molecular flexibility index (Phi) is 5.37. The Morgan fingerprint density at radius 3 is 2.88 bits per heavy atom. The number of ether oxygens (including phenoxy) is 1. The fourth-order valence-electron chi connectivity index (χ4n) is 1.90. The van der Waals surface area contributed by atoms with Crippen LogP contribution in [0.15, 0.2) is 0 Å². The van der Waals surface area contributed by atoms with E-state index in [1.54, 1.807) is 11.8 Å². The molecule has 0 bridgehead atoms. The predicted molar refractivity (Wildman–Crippen MR) is 61.3 cm³/mol. The molecule has 2 unspecified atom stereocenters. The maximum absolute atomic E-state index is 11.9. The second-order valence-electron chi connectivity index (χ2n) is 4.25. The standard InChI is InChI=1S/C11H20N2O4/c1-8(14)5-9-7-17-4-3-13(9)11(16)6-10(15)12-2/h8-9,14H,3-7H2,1-2H3,(H,12,15). The molecule has 0 saturated carbocycles. The van der Waals surface area contributed by atoms with Gasteiger partial charge in [0.05, 0.1) is 25.4 Å². The SMILES string of the molecule is CNC(=O)CC(=O)N1CCOCC1CC(C)O. The fourth-order valence-corrected chi connectivity index (χ4v) is 1.90. The number of nitrogens with one attached hydrogen (secondary N) is 1. The summed E-state index contributed by atoms with van der Waals surface area (Å²) in [5.41, 5.74) is 0. The van der Waals surface area contributed by atoms with Crippen molar-refractivity contribution in [2.24, 2.45) is 0 Å². The molecule has 2 atom stereocenters. The van der Waals surface area contributed by atoms with Crippen LogP contribution in [0.1, 0.15) is 19.8 Å². The molecule has 0 aromatic carbocycles. The van der Waals surface area contributed by atoms with E-state index in [4.69, 9.17) is 4.74 Å². The smallest absolute Gasteiger partial charge is 0.232 e. The van der Waals surface area contributed by atoms with Crippen molar-refractivity contribution >= 4 is 11.8 Å². The van der Waals surface area contributed by atoms with E-state index in [2.05, 4.69) is 5.32 Å². The Bertz CT molecular complexity index is 281. The largest absolute Gasteiger partial charge is 0.393 e. The fraction of sp³-hybridized carbons (Fsp3) is 0.818. The summed E-state index contributed by atoms with van der Waals surface area (Å²) in [6.45, 7) is 3.06. The molecule has 17 heavy (non-hydrogen) atoms. The number of hydrogen-bond donors (Lipinski definition) is 2. The lowest BCUT2D eigenvalue weighted by atomic mass is 10.1. The maximum atomic E-state index is 11.9. The Balaban J connectivity index is 2.57. The molecule has 6 heteroatoms. The van der Waals surface area contributed by atoms with Gasteiger partial charge in [-0.2, -0.15) is 0 Å². The van der Waals surface area contributed by atoms with Crippen molar-refractivity contribution < 1.29 is 19.4 Å². The second-order valence-corrected chi connectivity index (χ2v) is 4.25. The van der Waals surface area contributed by atoms with Gasteiger partial charge in [0.1, 0.15) is 6.42 Å². The van der Waals surface area contributed by atoms with E-state index in [1.807, 2.05) is 0 Å². The summed E-state index contributed by atoms with van der Waals surface area (Å²) in [7, 11) is 1.50. The van der Waals surface area contributed by atoms with Crippen molar-refractivity contribution in [2.75, 3.05) is 26.8 Å². The van der Waals surface area contributed by atoms with Gasteiger partial charge in [-0.1, -0.05) is 0 Å². The minimum atomic E-state index is -0.489. The van der Waals surface area contributed by atoms with E-state index in [-0.39, 0.29) is 24.3 Å². The van der Waals surface area contributed by atoms with Crippen molar-refractivity contribution in [2.45, 2.75) is 31.9 Å². The van der Waals surface area contributed by atoms with E-state index < -0.39 is 6.10 Å². The summed E-state index contributed by atoms with van der Waals surface area (Å²) < 4.78 is 5.29. The Hall–Kier alpha value is -1.14. The van der Waals surface area contributed by atoms with Crippen LogP contribution in [-0.2, 0) is 14.3 Å². The second kappa shape index (κ2) is 6.56. The molecule has 1 heterocycles. The Morgan fingerprint density at radius 2 is 2.29 bits per heavy atom. The molecule has 1 fully saturated rings. The molecule has 6 nitrogen and oxygen atoms in total. The molecule has 0 radical (unpaired) electrons. The highest BCUT2D eigenvalue weighted by atomic mass is 16.5. The van der Waals surface area contributed by atoms with E-state index >= 15 is 0 Å². The topological polar surface area (TPSA) is 78.9 Å². The van der Waals surface area contributed by atoms with Crippen molar-refractivity contribution in [1.82, 2.24) is 10.2 Å². The number of nitrogens with zero attached hydrogens (tertiary/aromatic N) is 1. The number of aliphatic hydroxyl groups is 1. The van der Waals surface area contributed by atoms with Gasteiger partial charge in [0.15, 0.2) is 0 Å². The highest BCUT2D eigenvalue weighted by Crippen LogP contribution is 2.13. The summed E-state index contributed by atoms with van der Waals surface area (Å²) in [5, 5.41) is 11.8. The summed E-state index contributed by atoms with van der Waals surface area (Å²) in [6, 6.07) is -0.138. The van der Waals surface area contributed by atoms with Crippen LogP contribution < -0.4 is 5.32 Å². The van der Waals surface area contributed by atoms with Gasteiger partial charge in [0.25, 0.3) is 0 Å². The number of carbonyl (C=O) groups is 2. The van der Waals surface area contributed by atoms with Gasteiger partial charge in [0, 0.05) is 13.6 Å². The van der Waals surface area contributed by atoms with E-state index in [0.717, 1.165) is 0 Å². The molecule has 0 aliphatic carbocycles. The van der Waals surface area contributed by atoms with E-state index in [9.17, 15) is 14.7 Å². The average Bonchev–Trinajstić information content (AvgIpc) is 2.28. The molecule has 2 N–H and O–H groups in total. The lowest BCUT2D eigenvalue weighted by molar-refractivity contribution is -0.143. The lowest BCUT2D eigenvalue weighted by Crippen LogP contribution is -2.50. The van der Waals surface area contributed by atoms with Crippen molar-refractivity contribution in [3.05, 3.63) is 0 Å². The zero-order valence-corrected chi connectivity index (χ0v) is 10.3. The monoisotopic (exact) mass is 244 g/mol. The van der Waals surface area contributed by atoms with Crippen molar-refractivity contribution in [3.8, 4) is 0 Å². The molecule has 98 valence electrons. The molecule has 0 aromatic heterocycles. The van der Waals surface area contributed by atoms with Crippen LogP contribution in [0.4, 0.5) is 0 Å². The maximum Gasteiger partial charge on any atom is 0.232 e. The van der Waals surface area contributed by atoms with Crippen LogP contribution in [0.2, 0.25) is 0 Å². The third kappa shape index (κ3) is 4.32. The number of morpholine rings is 1. The first-order valence-corrected chi connectivity index (χ1v) is 5.80. The molecule has 1 saturated heterocycles. The quantitative estimate of drug-likeness (QED) is 0.630. The third-order valence-electron chi connectivity index (χ3n) is 2.75. The zero-order chi connectivity index (χ0) is 12.8. The van der Waals surface area contributed by atoms with Crippen LogP contribution >= 0.6 is 0 Å². The minimum absolute atomic E-state index is 0.138. The summed E-state index contributed by atoms with van der Waals surface area (Å²) in [4.78, 5) is 24.7. The molecule has 1 aliphatic heterocycles. The molecule has 1 aliphatic rings. The summed E-state index contributed by atoms with van der Waals surface area (Å²) in [6.07, 6.45) is -0.163. The molecule has 0 spiro atoms. The Labute approximate surface area is 101 Å². The number of rotatable bonds is 4. The number of hydrogen-bond acceptors (Lipinski definition) is 4. The highest BCUT2D eigenvalue weighted by molar-refractivity contribution is 5.96. The van der Waals surface area contributed by atoms with Gasteiger partial charge >= 0.3 is 0 Å². The highest BCUT2D eigenvalue weighted by Gasteiger charge is 2.28. The molecular weight excluding hydrogens is 224 g/mol. The van der Waals surface area contributed by atoms with Crippen LogP contribution in [0.5, 0.6) is 0 Å². The average molecular weight is 244 g/mol. The predicted octanol–water partition coefficient (Wildman–Crippen LogP) is -0.879. The summed E-state index contributed by atoms with van der Waals surface area (Å²) in [5.74, 6) is -0.504. The van der Waals surface area contributed by atoms with E-state index in [1.165, 1.54) is 7.05 Å². The van der Waals surface area contributed by atoms with Gasteiger partial charge in [0.2, 0.25) is 11.8 Å². The first-order valence-electron chi connectivity index (χ1n) is 5.80. The summed E-state index contributed by atoms with van der Waals surface area (Å²) >= 11 is 0. The molecule has 1 rings (SSSR count). The lowest BCUT2D eigenvalue weighted by Gasteiger charge is -2.36. The van der Waals surface area contributed by atoms with Crippen LogP contribution in [0.25, 0.3) is 0 Å². The van der Waals surface area contributed by atoms with Crippen molar-refractivity contribution in [3.63, 3.8) is 0 Å². The third-order valence-corrected chi connectivity index (χ3v) is 2.75. The van der Waals surface area contributed by atoms with Gasteiger partial charge in [-0.15, -0.1) is 0 Å². The first kappa shape index (κ1) is 13.9. The zero-order valence-electron chi connectivity index (χ0n) is 10.3. The normalized spacial score (nSPS) is 22.1. The van der Waals surface area contributed by atoms with Crippen LogP contribution in [-0.4, -0.2) is 60.8 Å².